The first-order valence-corrected chi connectivity index (χ1v) is 6.45. The van der Waals surface area contributed by atoms with Gasteiger partial charge in [0.1, 0.15) is 5.75 Å². The molecule has 0 aromatic heterocycles. The summed E-state index contributed by atoms with van der Waals surface area (Å²) in [5.74, 6) is 0.801. The topological polar surface area (TPSA) is 49.7 Å². The van der Waals surface area contributed by atoms with Crippen molar-refractivity contribution in [3.63, 3.8) is 0 Å². The van der Waals surface area contributed by atoms with Gasteiger partial charge in [0.2, 0.25) is 0 Å². The normalized spacial score (nSPS) is 10.8. The lowest BCUT2D eigenvalue weighted by molar-refractivity contribution is 0.415. The van der Waals surface area contributed by atoms with Gasteiger partial charge in [-0.05, 0) is 40.9 Å². The van der Waals surface area contributed by atoms with E-state index in [2.05, 4.69) is 0 Å². The van der Waals surface area contributed by atoms with Crippen molar-refractivity contribution in [2.45, 2.75) is 0 Å². The molecule has 0 radical (unpaired) electrons. The molecule has 5 heteroatoms. The fourth-order valence-electron chi connectivity index (χ4n) is 1.79. The average molecular weight is 289 g/mol. The lowest BCUT2D eigenvalue weighted by Crippen LogP contribution is -2.29. The van der Waals surface area contributed by atoms with E-state index >= 15 is 0 Å². The average Bonchev–Trinajstić information content (AvgIpc) is 2.45. The van der Waals surface area contributed by atoms with Crippen LogP contribution in [0.15, 0.2) is 42.5 Å². The van der Waals surface area contributed by atoms with Crippen LogP contribution in [0.2, 0.25) is 5.02 Å². The monoisotopic (exact) mass is 288 g/mol. The van der Waals surface area contributed by atoms with Crippen LogP contribution in [0.25, 0.3) is 12.2 Å². The first-order valence-electron chi connectivity index (χ1n) is 6.07. The van der Waals surface area contributed by atoms with Crippen LogP contribution in [0.5, 0.6) is 5.75 Å². The van der Waals surface area contributed by atoms with E-state index in [0.29, 0.717) is 10.5 Å². The standard InChI is InChI=1S/C15H14BClO3/c1-20-15-6-4-11(5-7-15)2-3-12-8-13(16(18)19)10-14(17)9-12/h2-10,18-19H,1H3/b3-2+. The van der Waals surface area contributed by atoms with E-state index < -0.39 is 7.12 Å². The zero-order valence-corrected chi connectivity index (χ0v) is 11.7. The Morgan fingerprint density at radius 1 is 1.00 bits per heavy atom. The molecule has 3 nitrogen and oxygen atoms in total. The summed E-state index contributed by atoms with van der Waals surface area (Å²) in [4.78, 5) is 0. The molecular formula is C15H14BClO3. The second kappa shape index (κ2) is 6.61. The van der Waals surface area contributed by atoms with Crippen molar-refractivity contribution in [3.05, 3.63) is 58.6 Å². The quantitative estimate of drug-likeness (QED) is 0.670. The summed E-state index contributed by atoms with van der Waals surface area (Å²) in [5.41, 5.74) is 2.18. The Bertz CT molecular complexity index is 609. The molecular weight excluding hydrogens is 274 g/mol. The highest BCUT2D eigenvalue weighted by Crippen LogP contribution is 2.15. The summed E-state index contributed by atoms with van der Waals surface area (Å²) in [6.07, 6.45) is 3.78. The van der Waals surface area contributed by atoms with Gasteiger partial charge in [-0.3, -0.25) is 0 Å². The van der Waals surface area contributed by atoms with E-state index in [4.69, 9.17) is 16.3 Å². The smallest absolute Gasteiger partial charge is 0.488 e. The van der Waals surface area contributed by atoms with Gasteiger partial charge in [0.05, 0.1) is 7.11 Å². The molecule has 0 saturated carbocycles. The Morgan fingerprint density at radius 2 is 1.65 bits per heavy atom. The molecule has 0 spiro atoms. The molecule has 0 saturated heterocycles. The number of benzene rings is 2. The third kappa shape index (κ3) is 3.87. The summed E-state index contributed by atoms with van der Waals surface area (Å²) in [5, 5.41) is 18.8. The van der Waals surface area contributed by atoms with Crippen LogP contribution >= 0.6 is 11.6 Å². The Kier molecular flexibility index (Phi) is 4.85. The van der Waals surface area contributed by atoms with Gasteiger partial charge in [-0.15, -0.1) is 0 Å². The van der Waals surface area contributed by atoms with E-state index in [0.717, 1.165) is 16.9 Å². The van der Waals surface area contributed by atoms with Gasteiger partial charge in [0.15, 0.2) is 0 Å². The third-order valence-corrected chi connectivity index (χ3v) is 3.04. The number of hydrogen-bond acceptors (Lipinski definition) is 3. The summed E-state index contributed by atoms with van der Waals surface area (Å²) in [6, 6.07) is 12.6. The van der Waals surface area contributed by atoms with E-state index in [1.165, 1.54) is 6.07 Å². The molecule has 2 aromatic carbocycles. The van der Waals surface area contributed by atoms with Crippen molar-refractivity contribution in [1.29, 1.82) is 0 Å². The van der Waals surface area contributed by atoms with Gasteiger partial charge in [-0.2, -0.15) is 0 Å². The van der Waals surface area contributed by atoms with Gasteiger partial charge in [0.25, 0.3) is 0 Å². The molecule has 0 amide bonds. The minimum absolute atomic E-state index is 0.367. The molecule has 2 rings (SSSR count). The number of ether oxygens (including phenoxy) is 1. The van der Waals surface area contributed by atoms with E-state index in [9.17, 15) is 10.0 Å². The summed E-state index contributed by atoms with van der Waals surface area (Å²) in [7, 11) is 0.0975. The molecule has 102 valence electrons. The molecule has 0 unspecified atom stereocenters. The molecule has 0 bridgehead atoms. The summed E-state index contributed by atoms with van der Waals surface area (Å²) in [6.45, 7) is 0. The highest BCUT2D eigenvalue weighted by molar-refractivity contribution is 6.59. The van der Waals surface area contributed by atoms with Crippen LogP contribution in [0.3, 0.4) is 0 Å². The highest BCUT2D eigenvalue weighted by Gasteiger charge is 2.11. The van der Waals surface area contributed by atoms with Crippen LogP contribution in [0.4, 0.5) is 0 Å². The van der Waals surface area contributed by atoms with Gasteiger partial charge < -0.3 is 14.8 Å². The van der Waals surface area contributed by atoms with Crippen LogP contribution < -0.4 is 10.2 Å². The Balaban J connectivity index is 2.21. The maximum absolute atomic E-state index is 9.17. The van der Waals surface area contributed by atoms with Gasteiger partial charge in [-0.25, -0.2) is 0 Å². The Hall–Kier alpha value is -1.75. The minimum atomic E-state index is -1.53. The molecule has 0 fully saturated rings. The second-order valence-corrected chi connectivity index (χ2v) is 4.73. The summed E-state index contributed by atoms with van der Waals surface area (Å²) >= 11 is 5.94. The molecule has 2 aromatic rings. The first kappa shape index (κ1) is 14.7. The van der Waals surface area contributed by atoms with Crippen LogP contribution in [-0.2, 0) is 0 Å². The molecule has 0 atom stereocenters. The largest absolute Gasteiger partial charge is 0.497 e. The van der Waals surface area contributed by atoms with Crippen molar-refractivity contribution in [2.24, 2.45) is 0 Å². The number of rotatable bonds is 4. The molecule has 0 aliphatic heterocycles. The zero-order valence-electron chi connectivity index (χ0n) is 11.0. The van der Waals surface area contributed by atoms with E-state index in [1.54, 1.807) is 19.2 Å². The van der Waals surface area contributed by atoms with Gasteiger partial charge in [0, 0.05) is 5.02 Å². The fraction of sp³-hybridized carbons (Fsp3) is 0.0667. The molecule has 0 heterocycles. The van der Waals surface area contributed by atoms with Crippen molar-refractivity contribution in [2.75, 3.05) is 7.11 Å². The molecule has 20 heavy (non-hydrogen) atoms. The number of halogens is 1. The van der Waals surface area contributed by atoms with Crippen LogP contribution in [0, 0.1) is 0 Å². The van der Waals surface area contributed by atoms with Gasteiger partial charge >= 0.3 is 7.12 Å². The second-order valence-electron chi connectivity index (χ2n) is 4.30. The SMILES string of the molecule is COc1ccc(/C=C/c2cc(Cl)cc(B(O)O)c2)cc1. The van der Waals surface area contributed by atoms with Crippen molar-refractivity contribution < 1.29 is 14.8 Å². The number of hydrogen-bond donors (Lipinski definition) is 2. The van der Waals surface area contributed by atoms with Crippen LogP contribution in [-0.4, -0.2) is 24.3 Å². The predicted molar refractivity (Wildman–Crippen MR) is 83.2 cm³/mol. The highest BCUT2D eigenvalue weighted by atomic mass is 35.5. The van der Waals surface area contributed by atoms with Crippen molar-refractivity contribution >= 4 is 36.3 Å². The van der Waals surface area contributed by atoms with Gasteiger partial charge in [-0.1, -0.05) is 42.0 Å². The maximum atomic E-state index is 9.17. The zero-order chi connectivity index (χ0) is 14.5. The minimum Gasteiger partial charge on any atom is -0.497 e. The molecule has 0 aliphatic carbocycles. The molecule has 2 N–H and O–H groups in total. The van der Waals surface area contributed by atoms with Crippen LogP contribution in [0.1, 0.15) is 11.1 Å². The van der Waals surface area contributed by atoms with E-state index in [-0.39, 0.29) is 0 Å². The lowest BCUT2D eigenvalue weighted by Gasteiger charge is -2.03. The third-order valence-electron chi connectivity index (χ3n) is 2.82. The lowest BCUT2D eigenvalue weighted by atomic mass is 9.79. The van der Waals surface area contributed by atoms with Crippen molar-refractivity contribution in [1.82, 2.24) is 0 Å². The van der Waals surface area contributed by atoms with E-state index in [1.807, 2.05) is 36.4 Å². The van der Waals surface area contributed by atoms with Crippen molar-refractivity contribution in [3.8, 4) is 5.75 Å². The predicted octanol–water partition coefficient (Wildman–Crippen LogP) is 2.20. The Morgan fingerprint density at radius 3 is 2.25 bits per heavy atom. The maximum Gasteiger partial charge on any atom is 0.488 e. The number of methoxy groups -OCH3 is 1. The Labute approximate surface area is 123 Å². The summed E-state index contributed by atoms with van der Waals surface area (Å²) < 4.78 is 5.09. The first-order chi connectivity index (χ1) is 9.58. The fourth-order valence-corrected chi connectivity index (χ4v) is 2.04. The molecule has 0 aliphatic rings.